The molecule has 1 aliphatic rings. The van der Waals surface area contributed by atoms with Gasteiger partial charge in [0.05, 0.1) is 0 Å². The van der Waals surface area contributed by atoms with E-state index in [0.717, 1.165) is 0 Å². The molecule has 1 saturated heterocycles. The number of carbonyl (C=O) groups is 2. The molecule has 1 rings (SSSR count). The number of imide groups is 1. The fourth-order valence-electron chi connectivity index (χ4n) is 0.565. The molecule has 0 aromatic carbocycles. The minimum atomic E-state index is -0.505. The third-order valence-electron chi connectivity index (χ3n) is 1.03. The van der Waals surface area contributed by atoms with E-state index in [9.17, 15) is 9.59 Å². The summed E-state index contributed by atoms with van der Waals surface area (Å²) in [6, 6.07) is 0. The molecule has 0 aliphatic carbocycles. The molecular formula is C13H29NO6Ti. The van der Waals surface area contributed by atoms with Gasteiger partial charge in [0, 0.05) is 52.9 Å². The molecule has 0 atom stereocenters. The van der Waals surface area contributed by atoms with Crippen molar-refractivity contribution >= 4 is 11.8 Å². The van der Waals surface area contributed by atoms with Crippen molar-refractivity contribution in [3.63, 3.8) is 0 Å². The van der Waals surface area contributed by atoms with Crippen molar-refractivity contribution in [2.75, 3.05) is 0 Å². The van der Waals surface area contributed by atoms with Crippen LogP contribution in [0.4, 0.5) is 0 Å². The number of hydroxylamine groups is 2. The number of aliphatic hydroxyl groups excluding tert-OH is 3. The molecule has 0 spiro atoms. The Hall–Kier alpha value is -0.306. The largest absolute Gasteiger partial charge is 0.394 e. The first-order chi connectivity index (χ1) is 8.91. The fourth-order valence-corrected chi connectivity index (χ4v) is 0.565. The van der Waals surface area contributed by atoms with Crippen molar-refractivity contribution in [1.82, 2.24) is 5.06 Å². The Morgan fingerprint density at radius 2 is 0.905 bits per heavy atom. The van der Waals surface area contributed by atoms with E-state index >= 15 is 0 Å². The summed E-state index contributed by atoms with van der Waals surface area (Å²) in [5.41, 5.74) is 0. The minimum absolute atomic E-state index is 0. The molecule has 0 radical (unpaired) electrons. The topological polar surface area (TPSA) is 118 Å². The Kier molecular flexibility index (Phi) is 24.3. The van der Waals surface area contributed by atoms with Gasteiger partial charge in [-0.2, -0.15) is 5.06 Å². The summed E-state index contributed by atoms with van der Waals surface area (Å²) in [4.78, 5) is 20.5. The van der Waals surface area contributed by atoms with E-state index in [1.807, 2.05) is 0 Å². The van der Waals surface area contributed by atoms with E-state index in [1.54, 1.807) is 41.5 Å². The van der Waals surface area contributed by atoms with Gasteiger partial charge in [0.2, 0.25) is 0 Å². The van der Waals surface area contributed by atoms with E-state index in [2.05, 4.69) is 0 Å². The zero-order valence-corrected chi connectivity index (χ0v) is 15.3. The molecular weight excluding hydrogens is 314 g/mol. The van der Waals surface area contributed by atoms with Gasteiger partial charge in [-0.05, 0) is 41.5 Å². The molecule has 1 heterocycles. The quantitative estimate of drug-likeness (QED) is 0.292. The summed E-state index contributed by atoms with van der Waals surface area (Å²) < 4.78 is 0. The van der Waals surface area contributed by atoms with E-state index in [0.29, 0.717) is 0 Å². The molecule has 0 aromatic heterocycles. The minimum Gasteiger partial charge on any atom is -0.394 e. The summed E-state index contributed by atoms with van der Waals surface area (Å²) >= 11 is 0. The van der Waals surface area contributed by atoms with Crippen LogP contribution < -0.4 is 0 Å². The SMILES string of the molecule is CC(C)O.CC(C)O.CC(C)O.O=C1CCC(=O)N1O.[Ti]. The van der Waals surface area contributed by atoms with Gasteiger partial charge in [0.15, 0.2) is 0 Å². The predicted octanol–water partition coefficient (Wildman–Crippen LogP) is 0.683. The Balaban J connectivity index is -0.0000000973. The standard InChI is InChI=1S/C4H5NO3.3C3H8O.Ti/c6-3-1-2-4(7)5(3)8;3*1-3(2)4;/h8H,1-2H2;3*3-4H,1-2H3;. The smallest absolute Gasteiger partial charge is 0.253 e. The van der Waals surface area contributed by atoms with E-state index < -0.39 is 11.8 Å². The number of rotatable bonds is 0. The van der Waals surface area contributed by atoms with Crippen molar-refractivity contribution in [3.8, 4) is 0 Å². The maximum absolute atomic E-state index is 10.2. The average Bonchev–Trinajstić information content (AvgIpc) is 2.47. The molecule has 2 amide bonds. The van der Waals surface area contributed by atoms with Crippen LogP contribution >= 0.6 is 0 Å². The molecule has 1 fully saturated rings. The number of carbonyl (C=O) groups excluding carboxylic acids is 2. The van der Waals surface area contributed by atoms with Crippen molar-refractivity contribution < 1.29 is 51.8 Å². The monoisotopic (exact) mass is 343 g/mol. The zero-order valence-electron chi connectivity index (χ0n) is 13.7. The fraction of sp³-hybridized carbons (Fsp3) is 0.846. The van der Waals surface area contributed by atoms with E-state index in [-0.39, 0.29) is 57.9 Å². The summed E-state index contributed by atoms with van der Waals surface area (Å²) in [7, 11) is 0. The van der Waals surface area contributed by atoms with Gasteiger partial charge in [-0.25, -0.2) is 0 Å². The number of hydrogen-bond donors (Lipinski definition) is 4. The maximum atomic E-state index is 10.2. The molecule has 21 heavy (non-hydrogen) atoms. The summed E-state index contributed by atoms with van der Waals surface area (Å²) in [6.07, 6.45) is -0.204. The Morgan fingerprint density at radius 3 is 0.952 bits per heavy atom. The van der Waals surface area contributed by atoms with Crippen LogP contribution in [0.5, 0.6) is 0 Å². The van der Waals surface area contributed by atoms with Gasteiger partial charge >= 0.3 is 0 Å². The van der Waals surface area contributed by atoms with Crippen molar-refractivity contribution in [2.24, 2.45) is 0 Å². The van der Waals surface area contributed by atoms with Gasteiger partial charge in [0.1, 0.15) is 0 Å². The average molecular weight is 343 g/mol. The first-order valence-corrected chi connectivity index (χ1v) is 6.50. The zero-order chi connectivity index (χ0) is 16.9. The van der Waals surface area contributed by atoms with Crippen LogP contribution in [0.3, 0.4) is 0 Å². The number of amides is 2. The van der Waals surface area contributed by atoms with E-state index in [1.165, 1.54) is 0 Å². The van der Waals surface area contributed by atoms with Crippen LogP contribution in [0, 0.1) is 0 Å². The van der Waals surface area contributed by atoms with Gasteiger partial charge in [-0.15, -0.1) is 0 Å². The van der Waals surface area contributed by atoms with Crippen LogP contribution in [0.2, 0.25) is 0 Å². The molecule has 0 unspecified atom stereocenters. The Morgan fingerprint density at radius 1 is 0.762 bits per heavy atom. The normalized spacial score (nSPS) is 12.9. The van der Waals surface area contributed by atoms with Crippen molar-refractivity contribution in [3.05, 3.63) is 0 Å². The second kappa shape index (κ2) is 17.7. The van der Waals surface area contributed by atoms with Crippen LogP contribution in [0.25, 0.3) is 0 Å². The summed E-state index contributed by atoms with van der Waals surface area (Å²) in [6.45, 7) is 10.3. The second-order valence-electron chi connectivity index (χ2n) is 4.88. The predicted molar refractivity (Wildman–Crippen MR) is 74.9 cm³/mol. The Labute approximate surface area is 141 Å². The third kappa shape index (κ3) is 38.3. The second-order valence-corrected chi connectivity index (χ2v) is 4.88. The van der Waals surface area contributed by atoms with Gasteiger partial charge in [-0.1, -0.05) is 0 Å². The van der Waals surface area contributed by atoms with Crippen LogP contribution in [0.15, 0.2) is 0 Å². The van der Waals surface area contributed by atoms with Gasteiger partial charge in [-0.3, -0.25) is 14.8 Å². The number of hydrogen-bond acceptors (Lipinski definition) is 6. The molecule has 7 nitrogen and oxygen atoms in total. The molecule has 126 valence electrons. The summed E-state index contributed by atoms with van der Waals surface area (Å²) in [5, 5.41) is 32.7. The molecule has 1 aliphatic heterocycles. The first-order valence-electron chi connectivity index (χ1n) is 6.50. The van der Waals surface area contributed by atoms with Gasteiger partial charge in [0.25, 0.3) is 11.8 Å². The molecule has 0 aromatic rings. The van der Waals surface area contributed by atoms with Crippen LogP contribution in [0.1, 0.15) is 54.4 Å². The van der Waals surface area contributed by atoms with Crippen molar-refractivity contribution in [1.29, 1.82) is 0 Å². The Bertz CT molecular complexity index is 221. The molecule has 4 N–H and O–H groups in total. The van der Waals surface area contributed by atoms with E-state index in [4.69, 9.17) is 20.5 Å². The maximum Gasteiger partial charge on any atom is 0.253 e. The molecule has 0 saturated carbocycles. The van der Waals surface area contributed by atoms with Gasteiger partial charge < -0.3 is 15.3 Å². The number of nitrogens with zero attached hydrogens (tertiary/aromatic N) is 1. The molecule has 8 heteroatoms. The van der Waals surface area contributed by atoms with Crippen LogP contribution in [-0.4, -0.2) is 55.7 Å². The van der Waals surface area contributed by atoms with Crippen molar-refractivity contribution in [2.45, 2.75) is 72.7 Å². The summed E-state index contributed by atoms with van der Waals surface area (Å²) in [5.74, 6) is -1.01. The molecule has 0 bridgehead atoms. The van der Waals surface area contributed by atoms with Crippen LogP contribution in [-0.2, 0) is 31.3 Å². The number of aliphatic hydroxyl groups is 3. The first kappa shape index (κ1) is 28.8. The third-order valence-corrected chi connectivity index (χ3v) is 1.03.